The molecule has 2 rings (SSSR count). The van der Waals surface area contributed by atoms with Crippen LogP contribution in [-0.2, 0) is 0 Å². The molecule has 1 aliphatic rings. The molecule has 1 aromatic rings. The average Bonchev–Trinajstić information content (AvgIpc) is 2.56. The lowest BCUT2D eigenvalue weighted by Crippen LogP contribution is -2.22. The van der Waals surface area contributed by atoms with Crippen LogP contribution in [-0.4, -0.2) is 37.2 Å². The van der Waals surface area contributed by atoms with Crippen molar-refractivity contribution in [1.82, 2.24) is 4.90 Å². The standard InChI is InChI=1S/C16H26N2O/c1-13(2)19-16-8-6-15(7-9-16)17-14-5-4-11-18(3)12-10-14/h6-9,13-14,17H,4-5,10-12H2,1-3H3. The number of hydrogen-bond donors (Lipinski definition) is 1. The van der Waals surface area contributed by atoms with E-state index in [0.29, 0.717) is 6.04 Å². The van der Waals surface area contributed by atoms with Crippen LogP contribution < -0.4 is 10.1 Å². The van der Waals surface area contributed by atoms with Crippen molar-refractivity contribution in [3.05, 3.63) is 24.3 Å². The van der Waals surface area contributed by atoms with E-state index in [9.17, 15) is 0 Å². The summed E-state index contributed by atoms with van der Waals surface area (Å²) in [5.74, 6) is 0.946. The highest BCUT2D eigenvalue weighted by Crippen LogP contribution is 2.20. The molecule has 0 bridgehead atoms. The van der Waals surface area contributed by atoms with Crippen LogP contribution in [0.5, 0.6) is 5.75 Å². The molecule has 1 heterocycles. The van der Waals surface area contributed by atoms with Crippen LogP contribution in [0.15, 0.2) is 24.3 Å². The van der Waals surface area contributed by atoms with Gasteiger partial charge in [-0.1, -0.05) is 0 Å². The number of benzene rings is 1. The zero-order valence-electron chi connectivity index (χ0n) is 12.4. The lowest BCUT2D eigenvalue weighted by atomic mass is 10.1. The maximum Gasteiger partial charge on any atom is 0.119 e. The maximum atomic E-state index is 5.66. The van der Waals surface area contributed by atoms with Crippen LogP contribution in [0.1, 0.15) is 33.1 Å². The van der Waals surface area contributed by atoms with Gasteiger partial charge in [0.2, 0.25) is 0 Å². The summed E-state index contributed by atoms with van der Waals surface area (Å²) >= 11 is 0. The molecule has 0 aromatic heterocycles. The first kappa shape index (κ1) is 14.2. The summed E-state index contributed by atoms with van der Waals surface area (Å²) in [5, 5.41) is 3.64. The van der Waals surface area contributed by atoms with E-state index in [4.69, 9.17) is 4.74 Å². The predicted molar refractivity (Wildman–Crippen MR) is 81.0 cm³/mol. The highest BCUT2D eigenvalue weighted by atomic mass is 16.5. The number of ether oxygens (including phenoxy) is 1. The van der Waals surface area contributed by atoms with Gasteiger partial charge in [-0.05, 0) is 77.5 Å². The number of nitrogens with one attached hydrogen (secondary N) is 1. The van der Waals surface area contributed by atoms with Gasteiger partial charge in [0.25, 0.3) is 0 Å². The van der Waals surface area contributed by atoms with Gasteiger partial charge in [-0.15, -0.1) is 0 Å². The second-order valence-corrected chi connectivity index (χ2v) is 5.77. The van der Waals surface area contributed by atoms with Gasteiger partial charge in [0, 0.05) is 11.7 Å². The Morgan fingerprint density at radius 1 is 1.16 bits per heavy atom. The van der Waals surface area contributed by atoms with Crippen molar-refractivity contribution in [3.8, 4) is 5.75 Å². The third kappa shape index (κ3) is 4.75. The van der Waals surface area contributed by atoms with Crippen LogP contribution in [0.3, 0.4) is 0 Å². The zero-order chi connectivity index (χ0) is 13.7. The Balaban J connectivity index is 1.88. The van der Waals surface area contributed by atoms with Crippen molar-refractivity contribution < 1.29 is 4.74 Å². The Morgan fingerprint density at radius 2 is 1.89 bits per heavy atom. The molecule has 3 nitrogen and oxygen atoms in total. The molecule has 1 fully saturated rings. The summed E-state index contributed by atoms with van der Waals surface area (Å²) in [6, 6.07) is 8.93. The van der Waals surface area contributed by atoms with Gasteiger partial charge >= 0.3 is 0 Å². The monoisotopic (exact) mass is 262 g/mol. The zero-order valence-corrected chi connectivity index (χ0v) is 12.4. The molecule has 1 N–H and O–H groups in total. The molecule has 1 unspecified atom stereocenters. The highest BCUT2D eigenvalue weighted by molar-refractivity contribution is 5.47. The van der Waals surface area contributed by atoms with Gasteiger partial charge in [0.1, 0.15) is 5.75 Å². The van der Waals surface area contributed by atoms with Crippen LogP contribution in [0.25, 0.3) is 0 Å². The summed E-state index contributed by atoms with van der Waals surface area (Å²) in [4.78, 5) is 2.42. The lowest BCUT2D eigenvalue weighted by molar-refractivity contribution is 0.242. The molecule has 1 saturated heterocycles. The Kier molecular flexibility index (Phi) is 5.08. The van der Waals surface area contributed by atoms with Crippen molar-refractivity contribution in [1.29, 1.82) is 0 Å². The largest absolute Gasteiger partial charge is 0.491 e. The van der Waals surface area contributed by atoms with E-state index < -0.39 is 0 Å². The molecule has 1 aromatic carbocycles. The fourth-order valence-corrected chi connectivity index (χ4v) is 2.52. The lowest BCUT2D eigenvalue weighted by Gasteiger charge is -2.18. The van der Waals surface area contributed by atoms with Crippen molar-refractivity contribution in [3.63, 3.8) is 0 Å². The summed E-state index contributed by atoms with van der Waals surface area (Å²) in [7, 11) is 2.21. The molecule has 0 amide bonds. The molecule has 3 heteroatoms. The topological polar surface area (TPSA) is 24.5 Å². The summed E-state index contributed by atoms with van der Waals surface area (Å²) in [6.45, 7) is 6.51. The third-order valence-electron chi connectivity index (χ3n) is 3.55. The van der Waals surface area contributed by atoms with Gasteiger partial charge < -0.3 is 15.0 Å². The van der Waals surface area contributed by atoms with E-state index in [-0.39, 0.29) is 6.10 Å². The van der Waals surface area contributed by atoms with Crippen LogP contribution in [0, 0.1) is 0 Å². The molecule has 1 atom stereocenters. The SMILES string of the molecule is CC(C)Oc1ccc(NC2CCCN(C)CC2)cc1. The molecule has 19 heavy (non-hydrogen) atoms. The minimum absolute atomic E-state index is 0.233. The molecular weight excluding hydrogens is 236 g/mol. The Labute approximate surface area is 116 Å². The molecule has 0 saturated carbocycles. The maximum absolute atomic E-state index is 5.66. The number of hydrogen-bond acceptors (Lipinski definition) is 3. The highest BCUT2D eigenvalue weighted by Gasteiger charge is 2.14. The minimum Gasteiger partial charge on any atom is -0.491 e. The first-order valence-electron chi connectivity index (χ1n) is 7.35. The summed E-state index contributed by atoms with van der Waals surface area (Å²) < 4.78 is 5.66. The van der Waals surface area contributed by atoms with Crippen molar-refractivity contribution in [2.45, 2.75) is 45.3 Å². The number of nitrogens with zero attached hydrogens (tertiary/aromatic N) is 1. The quantitative estimate of drug-likeness (QED) is 0.900. The van der Waals surface area contributed by atoms with E-state index in [0.717, 1.165) is 5.75 Å². The van der Waals surface area contributed by atoms with Crippen LogP contribution in [0.4, 0.5) is 5.69 Å². The Morgan fingerprint density at radius 3 is 2.58 bits per heavy atom. The number of anilines is 1. The Hall–Kier alpha value is -1.22. The average molecular weight is 262 g/mol. The van der Waals surface area contributed by atoms with Gasteiger partial charge in [-0.25, -0.2) is 0 Å². The first-order valence-corrected chi connectivity index (χ1v) is 7.35. The molecule has 0 aliphatic carbocycles. The van der Waals surface area contributed by atoms with Crippen molar-refractivity contribution >= 4 is 5.69 Å². The van der Waals surface area contributed by atoms with Crippen molar-refractivity contribution in [2.24, 2.45) is 0 Å². The van der Waals surface area contributed by atoms with E-state index in [1.165, 1.54) is 38.0 Å². The van der Waals surface area contributed by atoms with E-state index in [2.05, 4.69) is 29.4 Å². The fraction of sp³-hybridized carbons (Fsp3) is 0.625. The molecular formula is C16H26N2O. The fourth-order valence-electron chi connectivity index (χ4n) is 2.52. The molecule has 106 valence electrons. The smallest absolute Gasteiger partial charge is 0.119 e. The number of likely N-dealkylation sites (tertiary alicyclic amines) is 1. The Bertz CT molecular complexity index is 375. The van der Waals surface area contributed by atoms with E-state index in [1.54, 1.807) is 0 Å². The molecule has 1 aliphatic heterocycles. The van der Waals surface area contributed by atoms with Gasteiger partial charge in [-0.3, -0.25) is 0 Å². The van der Waals surface area contributed by atoms with Crippen LogP contribution in [0.2, 0.25) is 0 Å². The third-order valence-corrected chi connectivity index (χ3v) is 3.55. The first-order chi connectivity index (χ1) is 9.13. The second kappa shape index (κ2) is 6.80. The summed E-state index contributed by atoms with van der Waals surface area (Å²) in [5.41, 5.74) is 1.20. The van der Waals surface area contributed by atoms with Gasteiger partial charge in [-0.2, -0.15) is 0 Å². The second-order valence-electron chi connectivity index (χ2n) is 5.77. The summed E-state index contributed by atoms with van der Waals surface area (Å²) in [6.07, 6.45) is 3.99. The van der Waals surface area contributed by atoms with E-state index in [1.807, 2.05) is 26.0 Å². The van der Waals surface area contributed by atoms with Crippen LogP contribution >= 0.6 is 0 Å². The molecule has 0 spiro atoms. The van der Waals surface area contributed by atoms with Gasteiger partial charge in [0.05, 0.1) is 6.10 Å². The van der Waals surface area contributed by atoms with Gasteiger partial charge in [0.15, 0.2) is 0 Å². The minimum atomic E-state index is 0.233. The predicted octanol–water partition coefficient (Wildman–Crippen LogP) is 3.37. The van der Waals surface area contributed by atoms with E-state index >= 15 is 0 Å². The van der Waals surface area contributed by atoms with Crippen molar-refractivity contribution in [2.75, 3.05) is 25.5 Å². The number of rotatable bonds is 4. The normalized spacial score (nSPS) is 21.2. The molecule has 0 radical (unpaired) electrons.